The largest absolute Gasteiger partial charge is 0.496 e. The molecule has 2 heterocycles. The summed E-state index contributed by atoms with van der Waals surface area (Å²) < 4.78 is 18.9. The van der Waals surface area contributed by atoms with Crippen LogP contribution in [0, 0.1) is 0 Å². The first-order valence-electron chi connectivity index (χ1n) is 10.6. The van der Waals surface area contributed by atoms with Crippen molar-refractivity contribution in [3.05, 3.63) is 89.0 Å². The summed E-state index contributed by atoms with van der Waals surface area (Å²) in [7, 11) is 3.14. The van der Waals surface area contributed by atoms with Crippen LogP contribution in [0.1, 0.15) is 31.0 Å². The van der Waals surface area contributed by atoms with Crippen LogP contribution in [0.15, 0.2) is 68.0 Å². The van der Waals surface area contributed by atoms with Crippen LogP contribution in [0.25, 0.3) is 6.08 Å². The maximum absolute atomic E-state index is 13.7. The van der Waals surface area contributed by atoms with Crippen molar-refractivity contribution in [3.63, 3.8) is 0 Å². The molecule has 1 aromatic heterocycles. The second-order valence-electron chi connectivity index (χ2n) is 7.44. The number of halogens is 1. The fraction of sp³-hybridized carbons (Fsp3) is 0.240. The van der Waals surface area contributed by atoms with E-state index in [0.717, 1.165) is 10.0 Å². The molecule has 0 radical (unpaired) electrons. The van der Waals surface area contributed by atoms with Gasteiger partial charge in [-0.05, 0) is 47.5 Å². The van der Waals surface area contributed by atoms with Crippen molar-refractivity contribution in [2.45, 2.75) is 19.9 Å². The Bertz CT molecular complexity index is 1460. The van der Waals surface area contributed by atoms with Crippen LogP contribution in [-0.4, -0.2) is 31.4 Å². The van der Waals surface area contributed by atoms with Gasteiger partial charge >= 0.3 is 5.97 Å². The average molecular weight is 543 g/mol. The second kappa shape index (κ2) is 9.99. The monoisotopic (exact) mass is 542 g/mol. The third kappa shape index (κ3) is 4.33. The van der Waals surface area contributed by atoms with E-state index in [1.54, 1.807) is 44.8 Å². The van der Waals surface area contributed by atoms with Gasteiger partial charge in [0.1, 0.15) is 11.5 Å². The Hall–Kier alpha value is -3.17. The molecule has 0 spiro atoms. The Kier molecular flexibility index (Phi) is 7.04. The van der Waals surface area contributed by atoms with Crippen LogP contribution in [0.2, 0.25) is 0 Å². The topological polar surface area (TPSA) is 79.1 Å². The van der Waals surface area contributed by atoms with E-state index in [-0.39, 0.29) is 12.2 Å². The normalized spacial score (nSPS) is 15.6. The van der Waals surface area contributed by atoms with E-state index in [2.05, 4.69) is 20.9 Å². The predicted octanol–water partition coefficient (Wildman–Crippen LogP) is 3.58. The third-order valence-electron chi connectivity index (χ3n) is 5.42. The summed E-state index contributed by atoms with van der Waals surface area (Å²) >= 11 is 4.75. The highest BCUT2D eigenvalue weighted by atomic mass is 79.9. The molecular weight excluding hydrogens is 520 g/mol. The Morgan fingerprint density at radius 2 is 1.88 bits per heavy atom. The molecule has 176 valence electrons. The first kappa shape index (κ1) is 24.0. The molecule has 0 saturated heterocycles. The highest BCUT2D eigenvalue weighted by Gasteiger charge is 2.33. The summed E-state index contributed by atoms with van der Waals surface area (Å²) in [6, 6.07) is 12.4. The first-order valence-corrected chi connectivity index (χ1v) is 12.2. The van der Waals surface area contributed by atoms with Crippen LogP contribution in [0.3, 0.4) is 0 Å². The summed E-state index contributed by atoms with van der Waals surface area (Å²) in [5.74, 6) is 0.704. The van der Waals surface area contributed by atoms with Gasteiger partial charge in [0.2, 0.25) is 0 Å². The minimum absolute atomic E-state index is 0.230. The number of methoxy groups -OCH3 is 2. The first-order chi connectivity index (χ1) is 16.4. The van der Waals surface area contributed by atoms with Crippen LogP contribution in [0.5, 0.6) is 11.5 Å². The van der Waals surface area contributed by atoms with Crippen LogP contribution in [0.4, 0.5) is 0 Å². The van der Waals surface area contributed by atoms with Crippen LogP contribution in [-0.2, 0) is 9.53 Å². The zero-order chi connectivity index (χ0) is 24.4. The predicted molar refractivity (Wildman–Crippen MR) is 134 cm³/mol. The molecule has 1 atom stereocenters. The molecule has 0 fully saturated rings. The van der Waals surface area contributed by atoms with Gasteiger partial charge in [-0.25, -0.2) is 9.79 Å². The molecule has 34 heavy (non-hydrogen) atoms. The maximum Gasteiger partial charge on any atom is 0.338 e. The Labute approximate surface area is 208 Å². The van der Waals surface area contributed by atoms with Gasteiger partial charge in [0.25, 0.3) is 5.56 Å². The van der Waals surface area contributed by atoms with E-state index in [9.17, 15) is 9.59 Å². The summed E-state index contributed by atoms with van der Waals surface area (Å²) in [6.45, 7) is 3.75. The van der Waals surface area contributed by atoms with E-state index in [1.807, 2.05) is 36.4 Å². The average Bonchev–Trinajstić information content (AvgIpc) is 3.13. The standard InChI is InChI=1S/C25H23BrN2O5S/c1-5-33-24(30)21-14(2)27-25-28(22(21)15-9-7-6-8-10-15)23(29)20(34-25)12-16-11-17(26)19(32-4)13-18(16)31-3/h6-13,22H,5H2,1-4H3. The smallest absolute Gasteiger partial charge is 0.338 e. The summed E-state index contributed by atoms with van der Waals surface area (Å²) in [5, 5.41) is 0. The molecule has 0 aliphatic carbocycles. The van der Waals surface area contributed by atoms with E-state index >= 15 is 0 Å². The number of aromatic nitrogens is 1. The zero-order valence-corrected chi connectivity index (χ0v) is 21.5. The van der Waals surface area contributed by atoms with Crippen molar-refractivity contribution in [2.75, 3.05) is 20.8 Å². The summed E-state index contributed by atoms with van der Waals surface area (Å²) in [4.78, 5) is 31.7. The Morgan fingerprint density at radius 1 is 1.18 bits per heavy atom. The lowest BCUT2D eigenvalue weighted by Crippen LogP contribution is -2.39. The maximum atomic E-state index is 13.7. The van der Waals surface area contributed by atoms with Gasteiger partial charge in [-0.3, -0.25) is 9.36 Å². The second-order valence-corrected chi connectivity index (χ2v) is 9.31. The quantitative estimate of drug-likeness (QED) is 0.445. The number of carbonyl (C=O) groups is 1. The van der Waals surface area contributed by atoms with Crippen molar-refractivity contribution in [1.82, 2.24) is 4.57 Å². The molecule has 1 aliphatic rings. The van der Waals surface area contributed by atoms with Crippen molar-refractivity contribution < 1.29 is 19.0 Å². The summed E-state index contributed by atoms with van der Waals surface area (Å²) in [6.07, 6.45) is 1.76. The SMILES string of the molecule is CCOC(=O)C1=C(C)N=c2sc(=Cc3cc(Br)c(OC)cc3OC)c(=O)n2C1c1ccccc1. The molecular formula is C25H23BrN2O5S. The Balaban J connectivity index is 1.96. The third-order valence-corrected chi connectivity index (χ3v) is 7.03. The number of nitrogens with zero attached hydrogens (tertiary/aromatic N) is 2. The number of hydrogen-bond donors (Lipinski definition) is 0. The van der Waals surface area contributed by atoms with E-state index < -0.39 is 12.0 Å². The molecule has 0 amide bonds. The number of esters is 1. The fourth-order valence-electron chi connectivity index (χ4n) is 3.88. The zero-order valence-electron chi connectivity index (χ0n) is 19.1. The van der Waals surface area contributed by atoms with Gasteiger partial charge in [0.05, 0.1) is 47.1 Å². The molecule has 3 aromatic rings. The lowest BCUT2D eigenvalue weighted by atomic mass is 9.96. The van der Waals surface area contributed by atoms with Crippen molar-refractivity contribution >= 4 is 39.3 Å². The van der Waals surface area contributed by atoms with Gasteiger partial charge in [-0.1, -0.05) is 41.7 Å². The van der Waals surface area contributed by atoms with Crippen LogP contribution < -0.4 is 24.4 Å². The molecule has 7 nitrogen and oxygen atoms in total. The highest BCUT2D eigenvalue weighted by molar-refractivity contribution is 9.10. The van der Waals surface area contributed by atoms with Gasteiger partial charge in [0.15, 0.2) is 4.80 Å². The number of benzene rings is 2. The number of allylic oxidation sites excluding steroid dienone is 1. The van der Waals surface area contributed by atoms with Crippen molar-refractivity contribution in [2.24, 2.45) is 4.99 Å². The minimum Gasteiger partial charge on any atom is -0.496 e. The summed E-state index contributed by atoms with van der Waals surface area (Å²) in [5.41, 5.74) is 2.15. The van der Waals surface area contributed by atoms with E-state index in [1.165, 1.54) is 11.3 Å². The van der Waals surface area contributed by atoms with Gasteiger partial charge in [-0.15, -0.1) is 0 Å². The van der Waals surface area contributed by atoms with E-state index in [4.69, 9.17) is 14.2 Å². The molecule has 1 aliphatic heterocycles. The number of rotatable bonds is 6. The van der Waals surface area contributed by atoms with Gasteiger partial charge < -0.3 is 14.2 Å². The molecule has 4 rings (SSSR count). The lowest BCUT2D eigenvalue weighted by molar-refractivity contribution is -0.139. The molecule has 1 unspecified atom stereocenters. The van der Waals surface area contributed by atoms with Gasteiger partial charge in [-0.2, -0.15) is 0 Å². The van der Waals surface area contributed by atoms with Crippen molar-refractivity contribution in [1.29, 1.82) is 0 Å². The molecule has 2 aromatic carbocycles. The molecule has 0 N–H and O–H groups in total. The minimum atomic E-state index is -0.636. The number of hydrogen-bond acceptors (Lipinski definition) is 7. The molecule has 0 bridgehead atoms. The van der Waals surface area contributed by atoms with E-state index in [0.29, 0.717) is 37.7 Å². The molecule has 9 heteroatoms. The number of thiazole rings is 1. The number of carbonyl (C=O) groups excluding carboxylic acids is 1. The lowest BCUT2D eigenvalue weighted by Gasteiger charge is -2.24. The van der Waals surface area contributed by atoms with Crippen molar-refractivity contribution in [3.8, 4) is 11.5 Å². The Morgan fingerprint density at radius 3 is 2.53 bits per heavy atom. The fourth-order valence-corrected chi connectivity index (χ4v) is 5.44. The number of fused-ring (bicyclic) bond motifs is 1. The van der Waals surface area contributed by atoms with Gasteiger partial charge in [0, 0.05) is 11.6 Å². The highest BCUT2D eigenvalue weighted by Crippen LogP contribution is 2.33. The molecule has 0 saturated carbocycles. The number of ether oxygens (including phenoxy) is 3. The van der Waals surface area contributed by atoms with Crippen LogP contribution >= 0.6 is 27.3 Å².